The smallest absolute Gasteiger partial charge is 0.0417 e. The zero-order chi connectivity index (χ0) is 10.8. The van der Waals surface area contributed by atoms with Crippen molar-refractivity contribution in [3.8, 4) is 11.1 Å². The molecule has 0 aliphatic heterocycles. The van der Waals surface area contributed by atoms with E-state index in [1.807, 2.05) is 36.4 Å². The largest absolute Gasteiger partial charge is 0.0843 e. The van der Waals surface area contributed by atoms with Crippen LogP contribution >= 0.6 is 43.5 Å². The minimum Gasteiger partial charge on any atom is -0.0843 e. The van der Waals surface area contributed by atoms with Gasteiger partial charge in [-0.1, -0.05) is 67.7 Å². The van der Waals surface area contributed by atoms with Crippen molar-refractivity contribution in [2.24, 2.45) is 0 Å². The average molecular weight is 346 g/mol. The molecule has 76 valence electrons. The highest BCUT2D eigenvalue weighted by atomic mass is 79.9. The van der Waals surface area contributed by atoms with Gasteiger partial charge < -0.3 is 0 Å². The van der Waals surface area contributed by atoms with Gasteiger partial charge in [0.2, 0.25) is 0 Å². The van der Waals surface area contributed by atoms with Crippen LogP contribution in [0.5, 0.6) is 0 Å². The fourth-order valence-electron chi connectivity index (χ4n) is 1.39. The molecule has 0 N–H and O–H groups in total. The molecule has 2 rings (SSSR count). The third kappa shape index (κ3) is 2.44. The first-order valence-electron chi connectivity index (χ1n) is 4.38. The van der Waals surface area contributed by atoms with Crippen molar-refractivity contribution in [3.05, 3.63) is 56.4 Å². The van der Waals surface area contributed by atoms with Gasteiger partial charge in [0.25, 0.3) is 0 Å². The van der Waals surface area contributed by atoms with E-state index >= 15 is 0 Å². The maximum absolute atomic E-state index is 5.90. The summed E-state index contributed by atoms with van der Waals surface area (Å²) in [5.41, 5.74) is 2.29. The molecule has 0 nitrogen and oxygen atoms in total. The summed E-state index contributed by atoms with van der Waals surface area (Å²) in [6.45, 7) is 0. The van der Waals surface area contributed by atoms with Gasteiger partial charge >= 0.3 is 0 Å². The van der Waals surface area contributed by atoms with Gasteiger partial charge in [0.15, 0.2) is 0 Å². The van der Waals surface area contributed by atoms with Crippen molar-refractivity contribution < 1.29 is 0 Å². The lowest BCUT2D eigenvalue weighted by Crippen LogP contribution is -1.81. The number of rotatable bonds is 1. The normalized spacial score (nSPS) is 10.3. The van der Waals surface area contributed by atoms with E-state index in [2.05, 4.69) is 37.9 Å². The zero-order valence-corrected chi connectivity index (χ0v) is 11.6. The molecule has 2 aromatic rings. The number of halogens is 3. The zero-order valence-electron chi connectivity index (χ0n) is 7.68. The monoisotopic (exact) mass is 344 g/mol. The maximum atomic E-state index is 5.90. The van der Waals surface area contributed by atoms with Crippen LogP contribution < -0.4 is 0 Å². The molecule has 0 aromatic heterocycles. The van der Waals surface area contributed by atoms with Crippen LogP contribution in [0.4, 0.5) is 0 Å². The molecule has 0 aliphatic carbocycles. The Morgan fingerprint density at radius 3 is 2.13 bits per heavy atom. The van der Waals surface area contributed by atoms with E-state index in [0.717, 1.165) is 25.1 Å². The summed E-state index contributed by atoms with van der Waals surface area (Å²) in [6.07, 6.45) is 0. The van der Waals surface area contributed by atoms with E-state index in [-0.39, 0.29) is 0 Å². The second-order valence-corrected chi connectivity index (χ2v) is 5.25. The molecule has 0 amide bonds. The molecule has 0 atom stereocenters. The standard InChI is InChI=1S/C12H7Br2Cl/c13-11-4-2-1-3-9(11)10-6-5-8(15)7-12(10)14/h1-7H. The molecule has 3 heteroatoms. The molecule has 0 unspecified atom stereocenters. The van der Waals surface area contributed by atoms with Crippen LogP contribution in [0.15, 0.2) is 51.4 Å². The van der Waals surface area contributed by atoms with Crippen LogP contribution in [-0.4, -0.2) is 0 Å². The van der Waals surface area contributed by atoms with Gasteiger partial charge in [0, 0.05) is 14.0 Å². The topological polar surface area (TPSA) is 0 Å². The first kappa shape index (κ1) is 11.2. The van der Waals surface area contributed by atoms with Crippen molar-refractivity contribution in [1.29, 1.82) is 0 Å². The van der Waals surface area contributed by atoms with Gasteiger partial charge in [-0.2, -0.15) is 0 Å². The van der Waals surface area contributed by atoms with E-state index in [0.29, 0.717) is 0 Å². The first-order valence-corrected chi connectivity index (χ1v) is 6.35. The second-order valence-electron chi connectivity index (χ2n) is 3.10. The molecule has 0 radical (unpaired) electrons. The average Bonchev–Trinajstić information content (AvgIpc) is 2.20. The molecular formula is C12H7Br2Cl. The van der Waals surface area contributed by atoms with Crippen molar-refractivity contribution >= 4 is 43.5 Å². The SMILES string of the molecule is Clc1ccc(-c2ccccc2Br)c(Br)c1. The van der Waals surface area contributed by atoms with E-state index in [1.165, 1.54) is 0 Å². The van der Waals surface area contributed by atoms with Gasteiger partial charge in [0.05, 0.1) is 0 Å². The Kier molecular flexibility index (Phi) is 3.49. The van der Waals surface area contributed by atoms with Gasteiger partial charge in [0.1, 0.15) is 0 Å². The summed E-state index contributed by atoms with van der Waals surface area (Å²) in [7, 11) is 0. The highest BCUT2D eigenvalue weighted by Crippen LogP contribution is 2.34. The van der Waals surface area contributed by atoms with Crippen LogP contribution in [0.1, 0.15) is 0 Å². The molecule has 0 heterocycles. The maximum Gasteiger partial charge on any atom is 0.0417 e. The molecule has 2 aromatic carbocycles. The molecule has 0 bridgehead atoms. The molecule has 15 heavy (non-hydrogen) atoms. The number of hydrogen-bond donors (Lipinski definition) is 0. The van der Waals surface area contributed by atoms with Crippen LogP contribution in [-0.2, 0) is 0 Å². The molecule has 0 saturated heterocycles. The third-order valence-corrected chi connectivity index (χ3v) is 3.68. The Labute approximate surface area is 111 Å². The van der Waals surface area contributed by atoms with Gasteiger partial charge in [-0.05, 0) is 29.3 Å². The first-order chi connectivity index (χ1) is 7.18. The van der Waals surface area contributed by atoms with E-state index in [4.69, 9.17) is 11.6 Å². The lowest BCUT2D eigenvalue weighted by Gasteiger charge is -2.07. The predicted molar refractivity (Wildman–Crippen MR) is 72.3 cm³/mol. The van der Waals surface area contributed by atoms with Crippen LogP contribution in [0.25, 0.3) is 11.1 Å². The summed E-state index contributed by atoms with van der Waals surface area (Å²) in [6, 6.07) is 13.9. The summed E-state index contributed by atoms with van der Waals surface area (Å²) in [5.74, 6) is 0. The lowest BCUT2D eigenvalue weighted by molar-refractivity contribution is 1.56. The Morgan fingerprint density at radius 2 is 1.47 bits per heavy atom. The van der Waals surface area contributed by atoms with Crippen LogP contribution in [0.2, 0.25) is 5.02 Å². The molecule has 0 saturated carbocycles. The fourth-order valence-corrected chi connectivity index (χ4v) is 2.78. The minimum absolute atomic E-state index is 0.734. The highest BCUT2D eigenvalue weighted by molar-refractivity contribution is 9.11. The fraction of sp³-hybridized carbons (Fsp3) is 0. The Bertz CT molecular complexity index is 495. The van der Waals surface area contributed by atoms with Crippen molar-refractivity contribution in [2.75, 3.05) is 0 Å². The third-order valence-electron chi connectivity index (χ3n) is 2.10. The Balaban J connectivity index is 2.60. The second kappa shape index (κ2) is 4.69. The highest BCUT2D eigenvalue weighted by Gasteiger charge is 2.06. The van der Waals surface area contributed by atoms with E-state index in [1.54, 1.807) is 0 Å². The quantitative estimate of drug-likeness (QED) is 0.637. The van der Waals surface area contributed by atoms with Gasteiger partial charge in [-0.25, -0.2) is 0 Å². The van der Waals surface area contributed by atoms with Crippen LogP contribution in [0.3, 0.4) is 0 Å². The Morgan fingerprint density at radius 1 is 0.800 bits per heavy atom. The van der Waals surface area contributed by atoms with E-state index < -0.39 is 0 Å². The summed E-state index contributed by atoms with van der Waals surface area (Å²) in [5, 5.41) is 0.734. The molecule has 0 spiro atoms. The van der Waals surface area contributed by atoms with E-state index in [9.17, 15) is 0 Å². The predicted octanol–water partition coefficient (Wildman–Crippen LogP) is 5.53. The lowest BCUT2D eigenvalue weighted by atomic mass is 10.1. The summed E-state index contributed by atoms with van der Waals surface area (Å²) < 4.78 is 2.08. The Hall–Kier alpha value is -0.310. The van der Waals surface area contributed by atoms with Gasteiger partial charge in [-0.15, -0.1) is 0 Å². The number of hydrogen-bond acceptors (Lipinski definition) is 0. The summed E-state index contributed by atoms with van der Waals surface area (Å²) >= 11 is 12.9. The van der Waals surface area contributed by atoms with Crippen molar-refractivity contribution in [2.45, 2.75) is 0 Å². The minimum atomic E-state index is 0.734. The summed E-state index contributed by atoms with van der Waals surface area (Å²) in [4.78, 5) is 0. The molecule has 0 fully saturated rings. The number of benzene rings is 2. The van der Waals surface area contributed by atoms with Gasteiger partial charge in [-0.3, -0.25) is 0 Å². The van der Waals surface area contributed by atoms with Crippen LogP contribution in [0, 0.1) is 0 Å². The molecular weight excluding hydrogens is 339 g/mol. The van der Waals surface area contributed by atoms with Crippen molar-refractivity contribution in [1.82, 2.24) is 0 Å². The van der Waals surface area contributed by atoms with Crippen molar-refractivity contribution in [3.63, 3.8) is 0 Å². The molecule has 0 aliphatic rings.